The quantitative estimate of drug-likeness (QED) is 0.799. The molecule has 2 nitrogen and oxygen atoms in total. The van der Waals surface area contributed by atoms with Gasteiger partial charge in [-0.25, -0.2) is 4.39 Å². The van der Waals surface area contributed by atoms with E-state index in [0.717, 1.165) is 12.1 Å². The molecule has 0 bridgehead atoms. The van der Waals surface area contributed by atoms with Crippen molar-refractivity contribution in [1.29, 1.82) is 0 Å². The lowest BCUT2D eigenvalue weighted by Crippen LogP contribution is -2.17. The second kappa shape index (κ2) is 5.88. The number of carbonyl (C=O) groups is 1. The third kappa shape index (κ3) is 4.81. The Hall–Kier alpha value is -0.820. The summed E-state index contributed by atoms with van der Waals surface area (Å²) < 4.78 is 48.7. The van der Waals surface area contributed by atoms with Crippen LogP contribution >= 0.6 is 27.5 Å². The second-order valence-corrected chi connectivity index (χ2v) is 4.67. The van der Waals surface area contributed by atoms with Crippen molar-refractivity contribution in [2.45, 2.75) is 19.0 Å². The molecular weight excluding hydrogens is 341 g/mol. The summed E-state index contributed by atoms with van der Waals surface area (Å²) in [5.74, 6) is -1.47. The van der Waals surface area contributed by atoms with E-state index >= 15 is 0 Å². The van der Waals surface area contributed by atoms with Gasteiger partial charge in [-0.3, -0.25) is 4.79 Å². The van der Waals surface area contributed by atoms with E-state index < -0.39 is 30.7 Å². The van der Waals surface area contributed by atoms with Crippen molar-refractivity contribution < 1.29 is 22.4 Å². The van der Waals surface area contributed by atoms with Gasteiger partial charge in [0.1, 0.15) is 5.82 Å². The Kier molecular flexibility index (Phi) is 4.98. The molecule has 0 atom stereocenters. The predicted octanol–water partition coefficient (Wildman–Crippen LogP) is 4.52. The van der Waals surface area contributed by atoms with Crippen LogP contribution in [0.25, 0.3) is 0 Å². The van der Waals surface area contributed by atoms with Gasteiger partial charge in [0.05, 0.1) is 17.1 Å². The van der Waals surface area contributed by atoms with E-state index in [1.807, 2.05) is 0 Å². The average molecular weight is 349 g/mol. The van der Waals surface area contributed by atoms with Crippen LogP contribution in [-0.2, 0) is 4.79 Å². The highest BCUT2D eigenvalue weighted by atomic mass is 79.9. The van der Waals surface area contributed by atoms with Gasteiger partial charge in [-0.1, -0.05) is 11.6 Å². The van der Waals surface area contributed by atoms with E-state index in [1.54, 1.807) is 0 Å². The predicted molar refractivity (Wildman–Crippen MR) is 63.0 cm³/mol. The maximum Gasteiger partial charge on any atom is 0.389 e. The van der Waals surface area contributed by atoms with Crippen molar-refractivity contribution in [3.63, 3.8) is 0 Å². The zero-order valence-corrected chi connectivity index (χ0v) is 11.1. The Labute approximate surface area is 113 Å². The van der Waals surface area contributed by atoms with Crippen LogP contribution < -0.4 is 5.32 Å². The first-order valence-corrected chi connectivity index (χ1v) is 5.87. The number of hydrogen-bond donors (Lipinski definition) is 1. The van der Waals surface area contributed by atoms with Crippen LogP contribution in [-0.4, -0.2) is 12.1 Å². The summed E-state index contributed by atoms with van der Waals surface area (Å²) in [6.45, 7) is 0. The van der Waals surface area contributed by atoms with Gasteiger partial charge < -0.3 is 5.32 Å². The number of halogens is 6. The fourth-order valence-electron chi connectivity index (χ4n) is 1.12. The van der Waals surface area contributed by atoms with Gasteiger partial charge in [-0.05, 0) is 28.1 Å². The molecule has 0 aromatic heterocycles. The largest absolute Gasteiger partial charge is 0.389 e. The SMILES string of the molecule is O=C(CCC(F)(F)F)Nc1c(Cl)cc(F)cc1Br. The Morgan fingerprint density at radius 3 is 2.50 bits per heavy atom. The fraction of sp³-hybridized carbons (Fsp3) is 0.300. The van der Waals surface area contributed by atoms with Crippen molar-refractivity contribution >= 4 is 39.1 Å². The summed E-state index contributed by atoms with van der Waals surface area (Å²) in [5, 5.41) is 2.10. The van der Waals surface area contributed by atoms with Crippen LogP contribution in [0.3, 0.4) is 0 Å². The maximum absolute atomic E-state index is 12.9. The zero-order valence-electron chi connectivity index (χ0n) is 8.74. The monoisotopic (exact) mass is 347 g/mol. The van der Waals surface area contributed by atoms with Crippen LogP contribution in [0.1, 0.15) is 12.8 Å². The fourth-order valence-corrected chi connectivity index (χ4v) is 2.02. The first kappa shape index (κ1) is 15.2. The Morgan fingerprint density at radius 1 is 1.39 bits per heavy atom. The smallest absolute Gasteiger partial charge is 0.324 e. The Morgan fingerprint density at radius 2 is 2.00 bits per heavy atom. The third-order valence-electron chi connectivity index (χ3n) is 1.91. The summed E-state index contributed by atoms with van der Waals surface area (Å²) in [7, 11) is 0. The Bertz CT molecular complexity index is 441. The molecule has 18 heavy (non-hydrogen) atoms. The topological polar surface area (TPSA) is 29.1 Å². The van der Waals surface area contributed by atoms with Gasteiger partial charge in [0.2, 0.25) is 5.91 Å². The van der Waals surface area contributed by atoms with Crippen LogP contribution in [0.5, 0.6) is 0 Å². The standard InChI is InChI=1S/C10H7BrClF4NO/c11-6-3-5(13)4-7(12)9(6)17-8(18)1-2-10(14,15)16/h3-4H,1-2H2,(H,17,18). The number of hydrogen-bond acceptors (Lipinski definition) is 1. The van der Waals surface area contributed by atoms with Crippen LogP contribution in [0.2, 0.25) is 5.02 Å². The molecule has 0 saturated carbocycles. The summed E-state index contributed by atoms with van der Waals surface area (Å²) in [4.78, 5) is 11.3. The second-order valence-electron chi connectivity index (χ2n) is 3.41. The maximum atomic E-state index is 12.9. The molecule has 1 aromatic carbocycles. The zero-order chi connectivity index (χ0) is 13.9. The molecule has 0 fully saturated rings. The first-order valence-electron chi connectivity index (χ1n) is 4.70. The molecule has 8 heteroatoms. The van der Waals surface area contributed by atoms with Crippen LogP contribution in [0.15, 0.2) is 16.6 Å². The average Bonchev–Trinajstić information content (AvgIpc) is 2.19. The van der Waals surface area contributed by atoms with Crippen LogP contribution in [0, 0.1) is 5.82 Å². The van der Waals surface area contributed by atoms with Gasteiger partial charge >= 0.3 is 6.18 Å². The van der Waals surface area contributed by atoms with Gasteiger partial charge in [0.15, 0.2) is 0 Å². The molecule has 100 valence electrons. The number of carbonyl (C=O) groups excluding carboxylic acids is 1. The van der Waals surface area contributed by atoms with E-state index in [0.29, 0.717) is 0 Å². The van der Waals surface area contributed by atoms with Crippen molar-refractivity contribution in [3.8, 4) is 0 Å². The summed E-state index contributed by atoms with van der Waals surface area (Å²) >= 11 is 8.62. The van der Waals surface area contributed by atoms with E-state index in [1.165, 1.54) is 0 Å². The molecule has 0 aliphatic rings. The Balaban J connectivity index is 2.71. The van der Waals surface area contributed by atoms with E-state index in [2.05, 4.69) is 21.2 Å². The molecule has 0 spiro atoms. The molecule has 1 amide bonds. The minimum Gasteiger partial charge on any atom is -0.324 e. The summed E-state index contributed by atoms with van der Waals surface area (Å²) in [6, 6.07) is 2.00. The number of alkyl halides is 3. The molecule has 1 aromatic rings. The van der Waals surface area contributed by atoms with Crippen molar-refractivity contribution in [2.75, 3.05) is 5.32 Å². The molecule has 0 unspecified atom stereocenters. The number of nitrogens with one attached hydrogen (secondary N) is 1. The van der Waals surface area contributed by atoms with Gasteiger partial charge in [-0.2, -0.15) is 13.2 Å². The number of benzene rings is 1. The van der Waals surface area contributed by atoms with Gasteiger partial charge in [0.25, 0.3) is 0 Å². The minimum absolute atomic E-state index is 0.0465. The molecule has 0 heterocycles. The number of rotatable bonds is 3. The summed E-state index contributed by atoms with van der Waals surface area (Å²) in [6.07, 6.45) is -6.35. The van der Waals surface area contributed by atoms with Crippen molar-refractivity contribution in [2.24, 2.45) is 0 Å². The molecule has 0 aliphatic carbocycles. The van der Waals surface area contributed by atoms with Gasteiger partial charge in [0, 0.05) is 10.9 Å². The highest BCUT2D eigenvalue weighted by molar-refractivity contribution is 9.10. The lowest BCUT2D eigenvalue weighted by Gasteiger charge is -2.10. The minimum atomic E-state index is -4.40. The molecule has 0 saturated heterocycles. The third-order valence-corrected chi connectivity index (χ3v) is 2.83. The molecule has 0 radical (unpaired) electrons. The lowest BCUT2D eigenvalue weighted by atomic mass is 10.2. The van der Waals surface area contributed by atoms with E-state index in [9.17, 15) is 22.4 Å². The lowest BCUT2D eigenvalue weighted by molar-refractivity contribution is -0.142. The van der Waals surface area contributed by atoms with Crippen molar-refractivity contribution in [3.05, 3.63) is 27.4 Å². The van der Waals surface area contributed by atoms with Gasteiger partial charge in [-0.15, -0.1) is 0 Å². The number of amides is 1. The summed E-state index contributed by atoms with van der Waals surface area (Å²) in [5.41, 5.74) is 0.0465. The van der Waals surface area contributed by atoms with Crippen LogP contribution in [0.4, 0.5) is 23.2 Å². The molecular formula is C10H7BrClF4NO. The molecule has 1 N–H and O–H groups in total. The van der Waals surface area contributed by atoms with Crippen molar-refractivity contribution in [1.82, 2.24) is 0 Å². The van der Waals surface area contributed by atoms with E-state index in [-0.39, 0.29) is 15.2 Å². The normalized spacial score (nSPS) is 11.4. The highest BCUT2D eigenvalue weighted by Gasteiger charge is 2.28. The first-order chi connectivity index (χ1) is 8.19. The van der Waals surface area contributed by atoms with E-state index in [4.69, 9.17) is 11.6 Å². The highest BCUT2D eigenvalue weighted by Crippen LogP contribution is 2.32. The molecule has 1 rings (SSSR count). The molecule has 0 aliphatic heterocycles. The number of anilines is 1.